The zero-order valence-corrected chi connectivity index (χ0v) is 10.3. The minimum atomic E-state index is 0.634. The lowest BCUT2D eigenvalue weighted by molar-refractivity contribution is 0.0704. The summed E-state index contributed by atoms with van der Waals surface area (Å²) in [5, 5.41) is 3.59. The maximum absolute atomic E-state index is 5.43. The molecule has 2 heteroatoms. The van der Waals surface area contributed by atoms with E-state index in [1.807, 2.05) is 0 Å². The SMILES string of the molecule is CCCCCCCCNC1CCCOC1. The van der Waals surface area contributed by atoms with Gasteiger partial charge in [0.15, 0.2) is 0 Å². The van der Waals surface area contributed by atoms with Crippen LogP contribution in [-0.4, -0.2) is 25.8 Å². The molecule has 1 heterocycles. The van der Waals surface area contributed by atoms with Crippen molar-refractivity contribution in [1.29, 1.82) is 0 Å². The Bertz CT molecular complexity index is 132. The minimum absolute atomic E-state index is 0.634. The number of rotatable bonds is 8. The Hall–Kier alpha value is -0.0800. The molecule has 0 bridgehead atoms. The van der Waals surface area contributed by atoms with Gasteiger partial charge in [-0.2, -0.15) is 0 Å². The van der Waals surface area contributed by atoms with Crippen molar-refractivity contribution in [2.24, 2.45) is 0 Å². The largest absolute Gasteiger partial charge is 0.380 e. The molecule has 0 aromatic carbocycles. The summed E-state index contributed by atoms with van der Waals surface area (Å²) in [5.41, 5.74) is 0. The monoisotopic (exact) mass is 213 g/mol. The van der Waals surface area contributed by atoms with Gasteiger partial charge in [0.2, 0.25) is 0 Å². The predicted molar refractivity (Wildman–Crippen MR) is 65.2 cm³/mol. The highest BCUT2D eigenvalue weighted by atomic mass is 16.5. The summed E-state index contributed by atoms with van der Waals surface area (Å²) in [6, 6.07) is 0.634. The molecule has 1 fully saturated rings. The van der Waals surface area contributed by atoms with Crippen LogP contribution in [0, 0.1) is 0 Å². The Labute approximate surface area is 94.8 Å². The average molecular weight is 213 g/mol. The van der Waals surface area contributed by atoms with Gasteiger partial charge in [-0.15, -0.1) is 0 Å². The van der Waals surface area contributed by atoms with Gasteiger partial charge in [-0.05, 0) is 25.8 Å². The standard InChI is InChI=1S/C13H27NO/c1-2-3-4-5-6-7-10-14-13-9-8-11-15-12-13/h13-14H,2-12H2,1H3. The molecule has 2 nitrogen and oxygen atoms in total. The van der Waals surface area contributed by atoms with Crippen molar-refractivity contribution >= 4 is 0 Å². The van der Waals surface area contributed by atoms with Gasteiger partial charge in [-0.1, -0.05) is 39.0 Å². The Balaban J connectivity index is 1.79. The summed E-state index contributed by atoms with van der Waals surface area (Å²) < 4.78 is 5.43. The zero-order valence-electron chi connectivity index (χ0n) is 10.3. The van der Waals surface area contributed by atoms with Gasteiger partial charge in [0.05, 0.1) is 6.61 Å². The second kappa shape index (κ2) is 9.17. The van der Waals surface area contributed by atoms with Gasteiger partial charge >= 0.3 is 0 Å². The van der Waals surface area contributed by atoms with Crippen molar-refractivity contribution in [3.8, 4) is 0 Å². The summed E-state index contributed by atoms with van der Waals surface area (Å²) in [4.78, 5) is 0. The summed E-state index contributed by atoms with van der Waals surface area (Å²) in [6.07, 6.45) is 10.8. The molecule has 1 aliphatic rings. The lowest BCUT2D eigenvalue weighted by Gasteiger charge is -2.23. The molecule has 1 atom stereocenters. The molecule has 1 N–H and O–H groups in total. The summed E-state index contributed by atoms with van der Waals surface area (Å²) in [7, 11) is 0. The fourth-order valence-electron chi connectivity index (χ4n) is 2.11. The normalized spacial score (nSPS) is 21.8. The molecule has 1 saturated heterocycles. The fraction of sp³-hybridized carbons (Fsp3) is 1.00. The highest BCUT2D eigenvalue weighted by molar-refractivity contribution is 4.69. The third-order valence-electron chi connectivity index (χ3n) is 3.12. The van der Waals surface area contributed by atoms with Crippen molar-refractivity contribution in [2.75, 3.05) is 19.8 Å². The van der Waals surface area contributed by atoms with Crippen LogP contribution in [0.3, 0.4) is 0 Å². The van der Waals surface area contributed by atoms with E-state index in [2.05, 4.69) is 12.2 Å². The van der Waals surface area contributed by atoms with Crippen LogP contribution in [0.2, 0.25) is 0 Å². The highest BCUT2D eigenvalue weighted by Crippen LogP contribution is 2.07. The third-order valence-corrected chi connectivity index (χ3v) is 3.12. The van der Waals surface area contributed by atoms with Gasteiger partial charge in [-0.3, -0.25) is 0 Å². The van der Waals surface area contributed by atoms with Crippen molar-refractivity contribution in [1.82, 2.24) is 5.32 Å². The molecule has 0 radical (unpaired) electrons. The molecule has 0 aromatic heterocycles. The van der Waals surface area contributed by atoms with Gasteiger partial charge in [0.25, 0.3) is 0 Å². The van der Waals surface area contributed by atoms with Crippen LogP contribution in [0.4, 0.5) is 0 Å². The lowest BCUT2D eigenvalue weighted by Crippen LogP contribution is -2.37. The van der Waals surface area contributed by atoms with E-state index in [1.165, 1.54) is 57.9 Å². The molecular weight excluding hydrogens is 186 g/mol. The molecule has 90 valence electrons. The van der Waals surface area contributed by atoms with E-state index in [-0.39, 0.29) is 0 Å². The van der Waals surface area contributed by atoms with Gasteiger partial charge in [0, 0.05) is 12.6 Å². The molecule has 15 heavy (non-hydrogen) atoms. The molecule has 0 saturated carbocycles. The van der Waals surface area contributed by atoms with E-state index in [4.69, 9.17) is 4.74 Å². The molecule has 1 rings (SSSR count). The molecule has 0 amide bonds. The molecule has 1 unspecified atom stereocenters. The van der Waals surface area contributed by atoms with Crippen LogP contribution >= 0.6 is 0 Å². The van der Waals surface area contributed by atoms with Crippen LogP contribution in [0.25, 0.3) is 0 Å². The smallest absolute Gasteiger partial charge is 0.0619 e. The average Bonchev–Trinajstić information content (AvgIpc) is 2.29. The minimum Gasteiger partial charge on any atom is -0.380 e. The Morgan fingerprint density at radius 3 is 2.67 bits per heavy atom. The Morgan fingerprint density at radius 1 is 1.13 bits per heavy atom. The number of hydrogen-bond acceptors (Lipinski definition) is 2. The first-order valence-corrected chi connectivity index (χ1v) is 6.74. The molecular formula is C13H27NO. The summed E-state index contributed by atoms with van der Waals surface area (Å²) >= 11 is 0. The van der Waals surface area contributed by atoms with Crippen molar-refractivity contribution < 1.29 is 4.74 Å². The van der Waals surface area contributed by atoms with E-state index in [9.17, 15) is 0 Å². The zero-order chi connectivity index (χ0) is 10.8. The second-order valence-electron chi connectivity index (χ2n) is 4.64. The molecule has 0 spiro atoms. The quantitative estimate of drug-likeness (QED) is 0.626. The van der Waals surface area contributed by atoms with Crippen LogP contribution in [0.15, 0.2) is 0 Å². The van der Waals surface area contributed by atoms with E-state index in [0.29, 0.717) is 6.04 Å². The number of hydrogen-bond donors (Lipinski definition) is 1. The number of ether oxygens (including phenoxy) is 1. The Kier molecular flexibility index (Phi) is 7.94. The van der Waals surface area contributed by atoms with Crippen molar-refractivity contribution in [2.45, 2.75) is 64.3 Å². The first-order chi connectivity index (χ1) is 7.43. The van der Waals surface area contributed by atoms with Gasteiger partial charge in [-0.25, -0.2) is 0 Å². The van der Waals surface area contributed by atoms with Crippen molar-refractivity contribution in [3.05, 3.63) is 0 Å². The van der Waals surface area contributed by atoms with E-state index in [0.717, 1.165) is 13.2 Å². The predicted octanol–water partition coefficient (Wildman–Crippen LogP) is 3.12. The van der Waals surface area contributed by atoms with Crippen molar-refractivity contribution in [3.63, 3.8) is 0 Å². The summed E-state index contributed by atoms with van der Waals surface area (Å²) in [5.74, 6) is 0. The first-order valence-electron chi connectivity index (χ1n) is 6.74. The molecule has 0 aliphatic carbocycles. The maximum Gasteiger partial charge on any atom is 0.0619 e. The van der Waals surface area contributed by atoms with Crippen LogP contribution < -0.4 is 5.32 Å². The van der Waals surface area contributed by atoms with Crippen LogP contribution in [-0.2, 0) is 4.74 Å². The third kappa shape index (κ3) is 6.91. The lowest BCUT2D eigenvalue weighted by atomic mass is 10.1. The second-order valence-corrected chi connectivity index (χ2v) is 4.64. The van der Waals surface area contributed by atoms with E-state index in [1.54, 1.807) is 0 Å². The number of nitrogens with one attached hydrogen (secondary N) is 1. The first kappa shape index (κ1) is 13.0. The van der Waals surface area contributed by atoms with Gasteiger partial charge in [0.1, 0.15) is 0 Å². The van der Waals surface area contributed by atoms with Crippen LogP contribution in [0.1, 0.15) is 58.3 Å². The molecule has 1 aliphatic heterocycles. The Morgan fingerprint density at radius 2 is 1.93 bits per heavy atom. The fourth-order valence-corrected chi connectivity index (χ4v) is 2.11. The topological polar surface area (TPSA) is 21.3 Å². The molecule has 0 aromatic rings. The maximum atomic E-state index is 5.43. The number of unbranched alkanes of at least 4 members (excludes halogenated alkanes) is 5. The van der Waals surface area contributed by atoms with E-state index >= 15 is 0 Å². The highest BCUT2D eigenvalue weighted by Gasteiger charge is 2.11. The summed E-state index contributed by atoms with van der Waals surface area (Å²) in [6.45, 7) is 5.34. The van der Waals surface area contributed by atoms with E-state index < -0.39 is 0 Å². The van der Waals surface area contributed by atoms with Crippen LogP contribution in [0.5, 0.6) is 0 Å². The van der Waals surface area contributed by atoms with Gasteiger partial charge < -0.3 is 10.1 Å².